The summed E-state index contributed by atoms with van der Waals surface area (Å²) in [6.45, 7) is 1.90. The number of aryl methyl sites for hydroxylation is 2. The zero-order valence-corrected chi connectivity index (χ0v) is 16.0. The number of alkyl halides is 3. The molecule has 8 heteroatoms. The van der Waals surface area contributed by atoms with Gasteiger partial charge in [0.25, 0.3) is 5.56 Å². The number of halogens is 3. The van der Waals surface area contributed by atoms with Gasteiger partial charge in [0.15, 0.2) is 6.67 Å². The number of nitrogens with zero attached hydrogens (tertiary/aromatic N) is 3. The van der Waals surface area contributed by atoms with Crippen LogP contribution in [-0.2, 0) is 12.5 Å². The van der Waals surface area contributed by atoms with Gasteiger partial charge in [-0.2, -0.15) is 14.0 Å². The third-order valence-electron chi connectivity index (χ3n) is 4.45. The Hall–Kier alpha value is -2.92. The smallest absolute Gasteiger partial charge is 0.300 e. The van der Waals surface area contributed by atoms with E-state index in [9.17, 15) is 23.2 Å². The maximum Gasteiger partial charge on any atom is 0.302 e. The van der Waals surface area contributed by atoms with Crippen molar-refractivity contribution in [3.63, 3.8) is 0 Å². The Bertz CT molecular complexity index is 1110. The molecule has 0 aliphatic rings. The molecule has 0 fully saturated rings. The highest BCUT2D eigenvalue weighted by molar-refractivity contribution is 7.13. The molecule has 0 saturated heterocycles. The van der Waals surface area contributed by atoms with Gasteiger partial charge in [0, 0.05) is 17.1 Å². The van der Waals surface area contributed by atoms with Crippen molar-refractivity contribution in [3.05, 3.63) is 74.0 Å². The summed E-state index contributed by atoms with van der Waals surface area (Å²) in [7, 11) is 0. The van der Waals surface area contributed by atoms with Crippen LogP contribution in [-0.4, -0.2) is 16.2 Å². The molecular weight excluding hydrogens is 387 g/mol. The standard InChI is InChI=1S/C20H16F3N3OS/c1-12-3-4-14(13(2)7-12)10-26-17(18-25-5-6-28-18)8-16(20(22,23)11-21)15(9-24)19(26)27/h3-8H,10-11H2,1-2H3. The average Bonchev–Trinajstić information content (AvgIpc) is 3.19. The van der Waals surface area contributed by atoms with Crippen molar-refractivity contribution >= 4 is 11.3 Å². The third kappa shape index (κ3) is 3.58. The van der Waals surface area contributed by atoms with Crippen LogP contribution in [0.25, 0.3) is 10.7 Å². The van der Waals surface area contributed by atoms with Gasteiger partial charge < -0.3 is 4.57 Å². The van der Waals surface area contributed by atoms with Crippen LogP contribution in [0.1, 0.15) is 27.8 Å². The summed E-state index contributed by atoms with van der Waals surface area (Å²) >= 11 is 1.16. The van der Waals surface area contributed by atoms with Crippen molar-refractivity contribution in [2.45, 2.75) is 26.3 Å². The second-order valence-corrected chi connectivity index (χ2v) is 7.32. The van der Waals surface area contributed by atoms with Crippen LogP contribution in [0.5, 0.6) is 0 Å². The zero-order chi connectivity index (χ0) is 20.5. The minimum atomic E-state index is -3.94. The van der Waals surface area contributed by atoms with Gasteiger partial charge >= 0.3 is 5.92 Å². The first kappa shape index (κ1) is 19.8. The van der Waals surface area contributed by atoms with E-state index in [1.807, 2.05) is 32.0 Å². The summed E-state index contributed by atoms with van der Waals surface area (Å²) in [5, 5.41) is 11.3. The lowest BCUT2D eigenvalue weighted by Gasteiger charge is -2.19. The molecule has 1 aromatic carbocycles. The van der Waals surface area contributed by atoms with Crippen LogP contribution in [0.2, 0.25) is 0 Å². The fourth-order valence-corrected chi connectivity index (χ4v) is 3.65. The van der Waals surface area contributed by atoms with Gasteiger partial charge in [-0.1, -0.05) is 23.8 Å². The summed E-state index contributed by atoms with van der Waals surface area (Å²) in [6, 6.07) is 8.20. The van der Waals surface area contributed by atoms with Gasteiger partial charge in [0.2, 0.25) is 0 Å². The molecule has 3 rings (SSSR count). The van der Waals surface area contributed by atoms with Crippen LogP contribution in [0.3, 0.4) is 0 Å². The molecule has 0 bridgehead atoms. The number of nitriles is 1. The fourth-order valence-electron chi connectivity index (χ4n) is 2.99. The molecule has 2 aromatic heterocycles. The molecule has 0 atom stereocenters. The molecule has 0 N–H and O–H groups in total. The maximum atomic E-state index is 14.1. The van der Waals surface area contributed by atoms with E-state index in [0.29, 0.717) is 5.01 Å². The van der Waals surface area contributed by atoms with Gasteiger partial charge in [-0.15, -0.1) is 11.3 Å². The number of rotatable bonds is 5. The molecule has 0 spiro atoms. The third-order valence-corrected chi connectivity index (χ3v) is 5.25. The number of hydrogen-bond acceptors (Lipinski definition) is 4. The predicted octanol–water partition coefficient (Wildman–Crippen LogP) is 4.57. The second kappa shape index (κ2) is 7.60. The van der Waals surface area contributed by atoms with E-state index in [4.69, 9.17) is 0 Å². The Balaban J connectivity index is 2.29. The monoisotopic (exact) mass is 403 g/mol. The number of aromatic nitrogens is 2. The Labute approximate surface area is 163 Å². The highest BCUT2D eigenvalue weighted by atomic mass is 32.1. The van der Waals surface area contributed by atoms with Gasteiger partial charge in [-0.3, -0.25) is 4.79 Å². The summed E-state index contributed by atoms with van der Waals surface area (Å²) in [4.78, 5) is 17.1. The molecule has 2 heterocycles. The first-order valence-corrected chi connectivity index (χ1v) is 9.24. The average molecular weight is 403 g/mol. The number of benzene rings is 1. The highest BCUT2D eigenvalue weighted by Crippen LogP contribution is 2.33. The normalized spacial score (nSPS) is 11.4. The van der Waals surface area contributed by atoms with Crippen molar-refractivity contribution in [1.82, 2.24) is 9.55 Å². The number of hydrogen-bond donors (Lipinski definition) is 0. The van der Waals surface area contributed by atoms with Crippen molar-refractivity contribution in [2.24, 2.45) is 0 Å². The molecule has 144 valence electrons. The van der Waals surface area contributed by atoms with E-state index >= 15 is 0 Å². The zero-order valence-electron chi connectivity index (χ0n) is 15.2. The van der Waals surface area contributed by atoms with E-state index in [0.717, 1.165) is 34.1 Å². The van der Waals surface area contributed by atoms with Crippen LogP contribution < -0.4 is 5.56 Å². The summed E-state index contributed by atoms with van der Waals surface area (Å²) in [5.74, 6) is -3.94. The SMILES string of the molecule is Cc1ccc(Cn2c(-c3nccs3)cc(C(F)(F)CF)c(C#N)c2=O)c(C)c1. The molecule has 4 nitrogen and oxygen atoms in total. The summed E-state index contributed by atoms with van der Waals surface area (Å²) in [6.07, 6.45) is 1.48. The molecule has 0 radical (unpaired) electrons. The maximum absolute atomic E-state index is 14.1. The van der Waals surface area contributed by atoms with E-state index in [1.165, 1.54) is 16.8 Å². The molecule has 0 amide bonds. The van der Waals surface area contributed by atoms with Crippen LogP contribution >= 0.6 is 11.3 Å². The Morgan fingerprint density at radius 2 is 2.04 bits per heavy atom. The van der Waals surface area contributed by atoms with Crippen LogP contribution in [0.4, 0.5) is 13.2 Å². The largest absolute Gasteiger partial charge is 0.302 e. The van der Waals surface area contributed by atoms with Crippen molar-refractivity contribution in [2.75, 3.05) is 6.67 Å². The quantitative estimate of drug-likeness (QED) is 0.627. The fraction of sp³-hybridized carbons (Fsp3) is 0.250. The molecule has 0 saturated carbocycles. The topological polar surface area (TPSA) is 58.7 Å². The lowest BCUT2D eigenvalue weighted by molar-refractivity contribution is -0.0285. The number of thiazole rings is 1. The predicted molar refractivity (Wildman–Crippen MR) is 101 cm³/mol. The van der Waals surface area contributed by atoms with Gasteiger partial charge in [-0.25, -0.2) is 9.37 Å². The van der Waals surface area contributed by atoms with E-state index in [-0.39, 0.29) is 12.2 Å². The summed E-state index contributed by atoms with van der Waals surface area (Å²) in [5.41, 5.74) is 0.343. The summed E-state index contributed by atoms with van der Waals surface area (Å²) < 4.78 is 42.4. The molecule has 28 heavy (non-hydrogen) atoms. The van der Waals surface area contributed by atoms with Crippen molar-refractivity contribution in [3.8, 4) is 16.8 Å². The van der Waals surface area contributed by atoms with Gasteiger partial charge in [0.05, 0.1) is 12.2 Å². The van der Waals surface area contributed by atoms with Crippen LogP contribution in [0, 0.1) is 25.2 Å². The molecule has 0 aliphatic carbocycles. The van der Waals surface area contributed by atoms with E-state index in [1.54, 1.807) is 5.38 Å². The second-order valence-electron chi connectivity index (χ2n) is 6.43. The highest BCUT2D eigenvalue weighted by Gasteiger charge is 2.37. The molecular formula is C20H16F3N3OS. The molecule has 3 aromatic rings. The van der Waals surface area contributed by atoms with Gasteiger partial charge in [0.1, 0.15) is 16.6 Å². The minimum Gasteiger partial charge on any atom is -0.300 e. The first-order valence-electron chi connectivity index (χ1n) is 8.36. The molecule has 0 unspecified atom stereocenters. The van der Waals surface area contributed by atoms with Gasteiger partial charge in [-0.05, 0) is 31.0 Å². The van der Waals surface area contributed by atoms with Crippen molar-refractivity contribution < 1.29 is 13.2 Å². The Kier molecular flexibility index (Phi) is 5.38. The van der Waals surface area contributed by atoms with E-state index in [2.05, 4.69) is 4.98 Å². The lowest BCUT2D eigenvalue weighted by atomic mass is 10.0. The Morgan fingerprint density at radius 3 is 2.61 bits per heavy atom. The van der Waals surface area contributed by atoms with Crippen molar-refractivity contribution in [1.29, 1.82) is 5.26 Å². The molecule has 0 aliphatic heterocycles. The number of pyridine rings is 1. The van der Waals surface area contributed by atoms with Crippen LogP contribution in [0.15, 0.2) is 40.6 Å². The van der Waals surface area contributed by atoms with E-state index < -0.39 is 29.3 Å². The lowest BCUT2D eigenvalue weighted by Crippen LogP contribution is -2.30. The minimum absolute atomic E-state index is 0.0794. The Morgan fingerprint density at radius 1 is 1.29 bits per heavy atom. The first-order chi connectivity index (χ1) is 13.3.